The summed E-state index contributed by atoms with van der Waals surface area (Å²) in [5.74, 6) is 0.621. The van der Waals surface area contributed by atoms with E-state index in [1.165, 1.54) is 0 Å². The zero-order chi connectivity index (χ0) is 10.0. The van der Waals surface area contributed by atoms with Gasteiger partial charge in [0.15, 0.2) is 0 Å². The van der Waals surface area contributed by atoms with E-state index in [9.17, 15) is 4.39 Å². The van der Waals surface area contributed by atoms with Crippen molar-refractivity contribution in [1.82, 2.24) is 9.97 Å². The Hall–Kier alpha value is -1.19. The average Bonchev–Trinajstić information content (AvgIpc) is 2.15. The van der Waals surface area contributed by atoms with Crippen LogP contribution in [0.2, 0.25) is 0 Å². The van der Waals surface area contributed by atoms with Crippen LogP contribution < -0.4 is 5.32 Å². The highest BCUT2D eigenvalue weighted by Gasteiger charge is 2.40. The van der Waals surface area contributed by atoms with E-state index in [2.05, 4.69) is 22.2 Å². The topological polar surface area (TPSA) is 37.8 Å². The molecule has 1 aliphatic rings. The lowest BCUT2D eigenvalue weighted by molar-refractivity contribution is 0.0535. The number of nitrogens with one attached hydrogen (secondary N) is 1. The van der Waals surface area contributed by atoms with Gasteiger partial charge in [0, 0.05) is 18.9 Å². The number of anilines is 1. The molecule has 4 heteroatoms. The first-order valence-electron chi connectivity index (χ1n) is 4.83. The number of nitrogens with zero attached hydrogens (tertiary/aromatic N) is 2. The summed E-state index contributed by atoms with van der Waals surface area (Å²) >= 11 is 0. The predicted octanol–water partition coefficient (Wildman–Crippen LogP) is 2.03. The molecule has 1 fully saturated rings. The van der Waals surface area contributed by atoms with Gasteiger partial charge in [0.25, 0.3) is 0 Å². The summed E-state index contributed by atoms with van der Waals surface area (Å²) in [4.78, 5) is 8.09. The Morgan fingerprint density at radius 1 is 1.50 bits per heavy atom. The van der Waals surface area contributed by atoms with Crippen molar-refractivity contribution in [3.05, 3.63) is 18.5 Å². The quantitative estimate of drug-likeness (QED) is 0.801. The number of alkyl halides is 1. The molecule has 1 aliphatic carbocycles. The van der Waals surface area contributed by atoms with E-state index in [4.69, 9.17) is 0 Å². The fourth-order valence-corrected chi connectivity index (χ4v) is 1.84. The maximum Gasteiger partial charge on any atom is 0.222 e. The van der Waals surface area contributed by atoms with Crippen LogP contribution in [0.4, 0.5) is 10.3 Å². The number of rotatable bonds is 3. The first kappa shape index (κ1) is 9.37. The molecule has 76 valence electrons. The van der Waals surface area contributed by atoms with E-state index in [0.717, 1.165) is 6.54 Å². The van der Waals surface area contributed by atoms with Gasteiger partial charge >= 0.3 is 0 Å². The fourth-order valence-electron chi connectivity index (χ4n) is 1.84. The van der Waals surface area contributed by atoms with E-state index >= 15 is 0 Å². The van der Waals surface area contributed by atoms with E-state index < -0.39 is 6.17 Å². The van der Waals surface area contributed by atoms with Crippen molar-refractivity contribution in [3.63, 3.8) is 0 Å². The molecule has 0 bridgehead atoms. The van der Waals surface area contributed by atoms with Crippen molar-refractivity contribution in [1.29, 1.82) is 0 Å². The van der Waals surface area contributed by atoms with Crippen LogP contribution in [0.3, 0.4) is 0 Å². The average molecular weight is 195 g/mol. The van der Waals surface area contributed by atoms with Gasteiger partial charge < -0.3 is 5.32 Å². The lowest BCUT2D eigenvalue weighted by atomic mass is 9.69. The first-order valence-corrected chi connectivity index (χ1v) is 4.83. The second-order valence-corrected chi connectivity index (χ2v) is 4.24. The van der Waals surface area contributed by atoms with Gasteiger partial charge in [0.2, 0.25) is 5.95 Å². The number of hydrogen-bond acceptors (Lipinski definition) is 3. The van der Waals surface area contributed by atoms with Crippen LogP contribution in [0.15, 0.2) is 18.5 Å². The smallest absolute Gasteiger partial charge is 0.222 e. The van der Waals surface area contributed by atoms with Gasteiger partial charge in [-0.05, 0) is 24.3 Å². The Kier molecular flexibility index (Phi) is 2.35. The minimum absolute atomic E-state index is 0.0820. The Balaban J connectivity index is 1.83. The molecule has 0 saturated heterocycles. The highest BCUT2D eigenvalue weighted by molar-refractivity contribution is 5.23. The second-order valence-electron chi connectivity index (χ2n) is 4.24. The summed E-state index contributed by atoms with van der Waals surface area (Å²) in [5.41, 5.74) is 0.0820. The van der Waals surface area contributed by atoms with E-state index in [-0.39, 0.29) is 5.41 Å². The molecule has 1 aromatic heterocycles. The largest absolute Gasteiger partial charge is 0.354 e. The molecule has 3 nitrogen and oxygen atoms in total. The van der Waals surface area contributed by atoms with E-state index in [1.54, 1.807) is 18.5 Å². The monoisotopic (exact) mass is 195 g/mol. The molecule has 0 atom stereocenters. The zero-order valence-electron chi connectivity index (χ0n) is 8.20. The molecule has 0 spiro atoms. The van der Waals surface area contributed by atoms with Gasteiger partial charge in [-0.25, -0.2) is 14.4 Å². The lowest BCUT2D eigenvalue weighted by Gasteiger charge is -2.41. The van der Waals surface area contributed by atoms with Gasteiger partial charge in [0.05, 0.1) is 0 Å². The highest BCUT2D eigenvalue weighted by atomic mass is 19.1. The van der Waals surface area contributed by atoms with Gasteiger partial charge in [-0.15, -0.1) is 0 Å². The molecule has 14 heavy (non-hydrogen) atoms. The summed E-state index contributed by atoms with van der Waals surface area (Å²) in [6.07, 6.45) is 4.06. The van der Waals surface area contributed by atoms with Crippen molar-refractivity contribution >= 4 is 5.95 Å². The van der Waals surface area contributed by atoms with Crippen LogP contribution in [0.25, 0.3) is 0 Å². The fraction of sp³-hybridized carbons (Fsp3) is 0.600. The summed E-state index contributed by atoms with van der Waals surface area (Å²) in [7, 11) is 0. The third kappa shape index (κ3) is 2.00. The van der Waals surface area contributed by atoms with Gasteiger partial charge in [-0.1, -0.05) is 6.92 Å². The normalized spacial score (nSPS) is 30.9. The Morgan fingerprint density at radius 3 is 2.71 bits per heavy atom. The molecule has 1 heterocycles. The summed E-state index contributed by atoms with van der Waals surface area (Å²) in [6.45, 7) is 2.83. The van der Waals surface area contributed by atoms with Crippen LogP contribution in [0, 0.1) is 5.41 Å². The minimum Gasteiger partial charge on any atom is -0.354 e. The summed E-state index contributed by atoms with van der Waals surface area (Å²) in [5, 5.41) is 3.12. The summed E-state index contributed by atoms with van der Waals surface area (Å²) < 4.78 is 12.7. The molecule has 1 N–H and O–H groups in total. The molecular formula is C10H14FN3. The summed E-state index contributed by atoms with van der Waals surface area (Å²) in [6, 6.07) is 1.77. The Labute approximate surface area is 82.8 Å². The SMILES string of the molecule is CC1(CNc2ncccn2)CC(F)C1. The third-order valence-corrected chi connectivity index (χ3v) is 2.67. The van der Waals surface area contributed by atoms with Crippen LogP contribution in [0.5, 0.6) is 0 Å². The molecule has 0 unspecified atom stereocenters. The van der Waals surface area contributed by atoms with E-state index in [1.807, 2.05) is 0 Å². The third-order valence-electron chi connectivity index (χ3n) is 2.67. The number of halogens is 1. The van der Waals surface area contributed by atoms with Crippen molar-refractivity contribution in [2.24, 2.45) is 5.41 Å². The van der Waals surface area contributed by atoms with Crippen LogP contribution in [0.1, 0.15) is 19.8 Å². The van der Waals surface area contributed by atoms with E-state index in [0.29, 0.717) is 18.8 Å². The zero-order valence-corrected chi connectivity index (χ0v) is 8.20. The number of aromatic nitrogens is 2. The molecule has 1 aromatic rings. The van der Waals surface area contributed by atoms with Crippen LogP contribution >= 0.6 is 0 Å². The molecule has 1 saturated carbocycles. The molecule has 0 aliphatic heterocycles. The van der Waals surface area contributed by atoms with Gasteiger partial charge in [-0.2, -0.15) is 0 Å². The molecule has 0 amide bonds. The molecule has 2 rings (SSSR count). The maximum absolute atomic E-state index is 12.7. The molecular weight excluding hydrogens is 181 g/mol. The Bertz CT molecular complexity index is 295. The van der Waals surface area contributed by atoms with Crippen molar-refractivity contribution in [3.8, 4) is 0 Å². The lowest BCUT2D eigenvalue weighted by Crippen LogP contribution is -2.41. The maximum atomic E-state index is 12.7. The predicted molar refractivity (Wildman–Crippen MR) is 52.8 cm³/mol. The van der Waals surface area contributed by atoms with Crippen LogP contribution in [-0.4, -0.2) is 22.7 Å². The molecule has 0 aromatic carbocycles. The van der Waals surface area contributed by atoms with Gasteiger partial charge in [0.1, 0.15) is 6.17 Å². The molecule has 0 radical (unpaired) electrons. The van der Waals surface area contributed by atoms with Crippen LogP contribution in [-0.2, 0) is 0 Å². The standard InChI is InChI=1S/C10H14FN3/c1-10(5-8(11)6-10)7-14-9-12-3-2-4-13-9/h2-4,8H,5-7H2,1H3,(H,12,13,14). The van der Waals surface area contributed by atoms with Crippen molar-refractivity contribution < 1.29 is 4.39 Å². The Morgan fingerprint density at radius 2 is 2.14 bits per heavy atom. The van der Waals surface area contributed by atoms with Gasteiger partial charge in [-0.3, -0.25) is 0 Å². The second kappa shape index (κ2) is 3.52. The minimum atomic E-state index is -0.613. The first-order chi connectivity index (χ1) is 6.68. The highest BCUT2D eigenvalue weighted by Crippen LogP contribution is 2.42. The number of hydrogen-bond donors (Lipinski definition) is 1. The van der Waals surface area contributed by atoms with Crippen molar-refractivity contribution in [2.45, 2.75) is 25.9 Å². The van der Waals surface area contributed by atoms with Crippen molar-refractivity contribution in [2.75, 3.05) is 11.9 Å².